The first-order valence-electron chi connectivity index (χ1n) is 8.61. The van der Waals surface area contributed by atoms with Gasteiger partial charge in [0.1, 0.15) is 12.1 Å². The van der Waals surface area contributed by atoms with E-state index in [0.717, 1.165) is 29.7 Å². The van der Waals surface area contributed by atoms with Crippen molar-refractivity contribution in [3.63, 3.8) is 0 Å². The lowest BCUT2D eigenvalue weighted by molar-refractivity contribution is -0.142. The van der Waals surface area contributed by atoms with E-state index < -0.39 is 17.5 Å². The van der Waals surface area contributed by atoms with Gasteiger partial charge in [0.15, 0.2) is 0 Å². The molecule has 1 aromatic carbocycles. The highest BCUT2D eigenvalue weighted by Gasteiger charge is 2.55. The monoisotopic (exact) mass is 345 g/mol. The molecule has 0 aromatic heterocycles. The van der Waals surface area contributed by atoms with Crippen LogP contribution >= 0.6 is 0 Å². The summed E-state index contributed by atoms with van der Waals surface area (Å²) < 4.78 is 0. The highest BCUT2D eigenvalue weighted by atomic mass is 16.6. The van der Waals surface area contributed by atoms with E-state index in [9.17, 15) is 14.4 Å². The summed E-state index contributed by atoms with van der Waals surface area (Å²) in [6.45, 7) is 1.85. The number of hydrogen-bond acceptors (Lipinski definition) is 4. The van der Waals surface area contributed by atoms with Crippen LogP contribution in [0, 0.1) is 5.92 Å². The van der Waals surface area contributed by atoms with Crippen molar-refractivity contribution in [2.45, 2.75) is 44.8 Å². The molecule has 2 aliphatic rings. The topological polar surface area (TPSA) is 87.7 Å². The number of benzene rings is 1. The fourth-order valence-electron chi connectivity index (χ4n) is 3.59. The third kappa shape index (κ3) is 3.51. The Labute approximate surface area is 146 Å². The van der Waals surface area contributed by atoms with Gasteiger partial charge in [0.05, 0.1) is 6.61 Å². The minimum atomic E-state index is -0.847. The van der Waals surface area contributed by atoms with Gasteiger partial charge in [-0.15, -0.1) is 0 Å². The van der Waals surface area contributed by atoms with Crippen LogP contribution in [0.25, 0.3) is 0 Å². The second kappa shape index (κ2) is 7.23. The zero-order valence-electron chi connectivity index (χ0n) is 14.3. The van der Waals surface area contributed by atoms with E-state index in [1.165, 1.54) is 0 Å². The molecule has 1 aliphatic carbocycles. The highest BCUT2D eigenvalue weighted by molar-refractivity contribution is 6.09. The van der Waals surface area contributed by atoms with E-state index in [4.69, 9.17) is 4.84 Å². The Morgan fingerprint density at radius 2 is 2.08 bits per heavy atom. The Morgan fingerprint density at radius 1 is 1.32 bits per heavy atom. The van der Waals surface area contributed by atoms with E-state index in [1.54, 1.807) is 0 Å². The number of hydrogen-bond donors (Lipinski definition) is 2. The molecule has 1 saturated heterocycles. The molecule has 4 amide bonds. The summed E-state index contributed by atoms with van der Waals surface area (Å²) in [6, 6.07) is 8.88. The number of amides is 4. The second-order valence-corrected chi connectivity index (χ2v) is 6.74. The predicted molar refractivity (Wildman–Crippen MR) is 90.0 cm³/mol. The Bertz CT molecular complexity index is 664. The van der Waals surface area contributed by atoms with Gasteiger partial charge in [-0.2, -0.15) is 0 Å². The predicted octanol–water partition coefficient (Wildman–Crippen LogP) is 1.74. The number of nitrogens with one attached hydrogen (secondary N) is 2. The van der Waals surface area contributed by atoms with Gasteiger partial charge >= 0.3 is 6.03 Å². The molecule has 2 atom stereocenters. The first-order chi connectivity index (χ1) is 12.0. The van der Waals surface area contributed by atoms with Gasteiger partial charge in [0.25, 0.3) is 11.8 Å². The Morgan fingerprint density at radius 3 is 2.80 bits per heavy atom. The second-order valence-electron chi connectivity index (χ2n) is 6.74. The van der Waals surface area contributed by atoms with Gasteiger partial charge in [-0.05, 0) is 24.3 Å². The maximum Gasteiger partial charge on any atom is 0.325 e. The molecule has 25 heavy (non-hydrogen) atoms. The summed E-state index contributed by atoms with van der Waals surface area (Å²) in [7, 11) is 0. The van der Waals surface area contributed by atoms with Crippen LogP contribution < -0.4 is 10.8 Å². The van der Waals surface area contributed by atoms with Crippen molar-refractivity contribution in [1.82, 2.24) is 15.7 Å². The molecule has 7 heteroatoms. The SMILES string of the molecule is CC1CCCCC12NC(=O)N(CC(=O)NOCc1ccccc1)C2=O. The average molecular weight is 345 g/mol. The largest absolute Gasteiger partial charge is 0.325 e. The lowest BCUT2D eigenvalue weighted by Crippen LogP contribution is -2.54. The van der Waals surface area contributed by atoms with Crippen molar-refractivity contribution < 1.29 is 19.2 Å². The van der Waals surface area contributed by atoms with Gasteiger partial charge < -0.3 is 5.32 Å². The van der Waals surface area contributed by atoms with Crippen molar-refractivity contribution in [1.29, 1.82) is 0 Å². The number of carbonyl (C=O) groups excluding carboxylic acids is 3. The summed E-state index contributed by atoms with van der Waals surface area (Å²) in [6.07, 6.45) is 3.48. The van der Waals surface area contributed by atoms with Crippen molar-refractivity contribution >= 4 is 17.8 Å². The standard InChI is InChI=1S/C18H23N3O4/c1-13-7-5-6-10-18(13)16(23)21(17(24)19-18)11-15(22)20-25-12-14-8-3-2-4-9-14/h2-4,8-9,13H,5-7,10-12H2,1H3,(H,19,24)(H,20,22). The molecule has 2 fully saturated rings. The summed E-state index contributed by atoms with van der Waals surface area (Å²) in [4.78, 5) is 43.1. The molecule has 1 saturated carbocycles. The zero-order chi connectivity index (χ0) is 17.9. The van der Waals surface area contributed by atoms with E-state index in [2.05, 4.69) is 10.8 Å². The van der Waals surface area contributed by atoms with Crippen LogP contribution in [-0.2, 0) is 21.0 Å². The number of urea groups is 1. The maximum atomic E-state index is 12.8. The van der Waals surface area contributed by atoms with E-state index in [0.29, 0.717) is 6.42 Å². The third-order valence-electron chi connectivity index (χ3n) is 5.07. The lowest BCUT2D eigenvalue weighted by Gasteiger charge is -2.36. The molecule has 2 N–H and O–H groups in total. The van der Waals surface area contributed by atoms with Crippen LogP contribution in [0.2, 0.25) is 0 Å². The molecule has 134 valence electrons. The third-order valence-corrected chi connectivity index (χ3v) is 5.07. The van der Waals surface area contributed by atoms with Crippen LogP contribution in [0.3, 0.4) is 0 Å². The van der Waals surface area contributed by atoms with Gasteiger partial charge in [0.2, 0.25) is 0 Å². The van der Waals surface area contributed by atoms with Gasteiger partial charge in [0, 0.05) is 0 Å². The minimum absolute atomic E-state index is 0.0695. The maximum absolute atomic E-state index is 12.8. The molecule has 2 unspecified atom stereocenters. The number of nitrogens with zero attached hydrogens (tertiary/aromatic N) is 1. The molecule has 1 spiro atoms. The van der Waals surface area contributed by atoms with Crippen LogP contribution in [0.1, 0.15) is 38.2 Å². The quantitative estimate of drug-likeness (QED) is 0.628. The molecule has 1 heterocycles. The smallest absolute Gasteiger partial charge is 0.323 e. The van der Waals surface area contributed by atoms with E-state index >= 15 is 0 Å². The molecule has 0 bridgehead atoms. The van der Waals surface area contributed by atoms with E-state index in [-0.39, 0.29) is 25.0 Å². The van der Waals surface area contributed by atoms with Gasteiger partial charge in [-0.1, -0.05) is 50.1 Å². The van der Waals surface area contributed by atoms with Crippen molar-refractivity contribution in [2.75, 3.05) is 6.54 Å². The van der Waals surface area contributed by atoms with Crippen LogP contribution in [0.4, 0.5) is 4.79 Å². The first kappa shape index (κ1) is 17.4. The molecule has 7 nitrogen and oxygen atoms in total. The molecule has 0 radical (unpaired) electrons. The zero-order valence-corrected chi connectivity index (χ0v) is 14.3. The number of carbonyl (C=O) groups is 3. The summed E-state index contributed by atoms with van der Waals surface area (Å²) >= 11 is 0. The Kier molecular flexibility index (Phi) is 5.03. The summed E-state index contributed by atoms with van der Waals surface area (Å²) in [5, 5.41) is 2.82. The number of rotatable bonds is 5. The molecule has 1 aromatic rings. The van der Waals surface area contributed by atoms with Gasteiger partial charge in [-0.25, -0.2) is 10.3 Å². The minimum Gasteiger partial charge on any atom is -0.323 e. The Balaban J connectivity index is 1.54. The summed E-state index contributed by atoms with van der Waals surface area (Å²) in [5.41, 5.74) is 2.35. The normalized spacial score (nSPS) is 26.0. The van der Waals surface area contributed by atoms with Crippen LogP contribution in [0.5, 0.6) is 0 Å². The molecule has 3 rings (SSSR count). The highest BCUT2D eigenvalue weighted by Crippen LogP contribution is 2.38. The lowest BCUT2D eigenvalue weighted by atomic mass is 9.73. The van der Waals surface area contributed by atoms with Crippen molar-refractivity contribution in [3.8, 4) is 0 Å². The van der Waals surface area contributed by atoms with Gasteiger partial charge in [-0.3, -0.25) is 19.3 Å². The number of hydroxylamine groups is 1. The molecular weight excluding hydrogens is 322 g/mol. The van der Waals surface area contributed by atoms with Crippen molar-refractivity contribution in [2.24, 2.45) is 5.92 Å². The molecular formula is C18H23N3O4. The molecule has 1 aliphatic heterocycles. The fraction of sp³-hybridized carbons (Fsp3) is 0.500. The van der Waals surface area contributed by atoms with Crippen LogP contribution in [0.15, 0.2) is 30.3 Å². The van der Waals surface area contributed by atoms with E-state index in [1.807, 2.05) is 37.3 Å². The summed E-state index contributed by atoms with van der Waals surface area (Å²) in [5.74, 6) is -0.761. The fourth-order valence-corrected chi connectivity index (χ4v) is 3.59. The van der Waals surface area contributed by atoms with Crippen LogP contribution in [-0.4, -0.2) is 34.8 Å². The van der Waals surface area contributed by atoms with Crippen molar-refractivity contribution in [3.05, 3.63) is 35.9 Å². The number of imide groups is 1. The first-order valence-corrected chi connectivity index (χ1v) is 8.61. The Hall–Kier alpha value is -2.41. The average Bonchev–Trinajstić information content (AvgIpc) is 2.84.